The molecule has 2 rings (SSSR count). The molecule has 0 bridgehead atoms. The quantitative estimate of drug-likeness (QED) is 0.340. The van der Waals surface area contributed by atoms with Gasteiger partial charge < -0.3 is 15.1 Å². The van der Waals surface area contributed by atoms with Gasteiger partial charge in [0.1, 0.15) is 5.75 Å². The Morgan fingerprint density at radius 1 is 1.30 bits per heavy atom. The van der Waals surface area contributed by atoms with Crippen molar-refractivity contribution in [1.82, 2.24) is 5.32 Å². The van der Waals surface area contributed by atoms with Crippen LogP contribution < -0.4 is 10.1 Å². The van der Waals surface area contributed by atoms with Crippen LogP contribution in [0.2, 0.25) is 0 Å². The zero-order valence-corrected chi connectivity index (χ0v) is 11.4. The van der Waals surface area contributed by atoms with E-state index in [0.29, 0.717) is 5.56 Å². The van der Waals surface area contributed by atoms with Gasteiger partial charge in [0.05, 0.1) is 0 Å². The number of carboxylic acids is 1. The Morgan fingerprint density at radius 2 is 1.96 bits per heavy atom. The summed E-state index contributed by atoms with van der Waals surface area (Å²) in [6.45, 7) is 0. The molecule has 0 heterocycles. The Morgan fingerprint density at radius 3 is 2.43 bits per heavy atom. The Kier molecular flexibility index (Phi) is 4.43. The van der Waals surface area contributed by atoms with Crippen LogP contribution in [0, 0.1) is 0 Å². The van der Waals surface area contributed by atoms with Crippen LogP contribution in [-0.2, 0) is 4.79 Å². The van der Waals surface area contributed by atoms with Crippen LogP contribution in [0.3, 0.4) is 0 Å². The predicted molar refractivity (Wildman–Crippen MR) is 69.4 cm³/mol. The number of hydrogen-bond donors (Lipinski definition) is 3. The maximum atomic E-state index is 12.3. The molecule has 3 N–H and O–H groups in total. The monoisotopic (exact) mass is 332 g/mol. The first-order chi connectivity index (χ1) is 10.7. The third-order valence-corrected chi connectivity index (χ3v) is 3.05. The number of hydrogen-bond acceptors (Lipinski definition) is 5. The van der Waals surface area contributed by atoms with Crippen LogP contribution in [0.25, 0.3) is 0 Å². The fourth-order valence-electron chi connectivity index (χ4n) is 1.98. The second kappa shape index (κ2) is 6.15. The first-order valence-corrected chi connectivity index (χ1v) is 6.37. The fourth-order valence-corrected chi connectivity index (χ4v) is 1.98. The van der Waals surface area contributed by atoms with Crippen LogP contribution in [0.4, 0.5) is 13.2 Å². The lowest BCUT2D eigenvalue weighted by molar-refractivity contribution is -0.274. The molecule has 0 radical (unpaired) electrons. The van der Waals surface area contributed by atoms with Crippen molar-refractivity contribution in [2.24, 2.45) is 5.16 Å². The molecule has 1 saturated carbocycles. The normalized spacial score (nSPS) is 15.2. The van der Waals surface area contributed by atoms with Crippen LogP contribution in [0.15, 0.2) is 23.4 Å². The summed E-state index contributed by atoms with van der Waals surface area (Å²) in [6, 6.07) is 3.27. The number of halogens is 3. The van der Waals surface area contributed by atoms with Crippen molar-refractivity contribution in [1.29, 1.82) is 0 Å². The number of rotatable bonds is 3. The number of nitrogens with zero attached hydrogens (tertiary/aromatic N) is 1. The van der Waals surface area contributed by atoms with E-state index in [4.69, 9.17) is 10.3 Å². The van der Waals surface area contributed by atoms with Crippen molar-refractivity contribution in [3.05, 3.63) is 29.3 Å². The molecule has 1 aromatic carbocycles. The number of benzene rings is 1. The molecule has 0 aromatic heterocycles. The molecular weight excluding hydrogens is 321 g/mol. The van der Waals surface area contributed by atoms with E-state index in [1.165, 1.54) is 6.07 Å². The predicted octanol–water partition coefficient (Wildman–Crippen LogP) is 2.06. The highest BCUT2D eigenvalue weighted by atomic mass is 19.4. The molecule has 0 unspecified atom stereocenters. The lowest BCUT2D eigenvalue weighted by Crippen LogP contribution is -2.36. The molecule has 0 spiro atoms. The summed E-state index contributed by atoms with van der Waals surface area (Å²) in [5.74, 6) is -4.34. The first-order valence-electron chi connectivity index (χ1n) is 6.37. The van der Waals surface area contributed by atoms with Gasteiger partial charge in [-0.15, -0.1) is 13.2 Å². The van der Waals surface area contributed by atoms with Crippen molar-refractivity contribution >= 4 is 17.7 Å². The maximum Gasteiger partial charge on any atom is 0.573 e. The number of oxime groups is 1. The molecule has 1 aromatic rings. The number of carboxylic acid groups (broad SMARTS) is 1. The number of amidine groups is 1. The minimum atomic E-state index is -4.92. The zero-order valence-electron chi connectivity index (χ0n) is 11.4. The molecule has 10 heteroatoms. The van der Waals surface area contributed by atoms with Crippen molar-refractivity contribution in [2.75, 3.05) is 0 Å². The summed E-state index contributed by atoms with van der Waals surface area (Å²) < 4.78 is 40.5. The molecule has 7 nitrogen and oxygen atoms in total. The maximum absolute atomic E-state index is 12.3. The minimum Gasteiger partial charge on any atom is -0.475 e. The summed E-state index contributed by atoms with van der Waals surface area (Å²) >= 11 is 0. The highest BCUT2D eigenvalue weighted by Gasteiger charge is 2.33. The van der Waals surface area contributed by atoms with Gasteiger partial charge in [-0.25, -0.2) is 4.79 Å². The van der Waals surface area contributed by atoms with Crippen LogP contribution in [-0.4, -0.2) is 34.4 Å². The fraction of sp³-hybridized carbons (Fsp3) is 0.308. The Hall–Kier alpha value is -2.78. The van der Waals surface area contributed by atoms with Crippen molar-refractivity contribution in [3.63, 3.8) is 0 Å². The van der Waals surface area contributed by atoms with Crippen LogP contribution >= 0.6 is 0 Å². The topological polar surface area (TPSA) is 108 Å². The molecule has 1 fully saturated rings. The third-order valence-electron chi connectivity index (χ3n) is 3.05. The molecule has 1 aliphatic rings. The van der Waals surface area contributed by atoms with Gasteiger partial charge in [0.15, 0.2) is 0 Å². The molecular formula is C13H11F3N2O5. The van der Waals surface area contributed by atoms with Gasteiger partial charge >= 0.3 is 12.3 Å². The standard InChI is InChI=1S/C13H11F3N2O5/c14-13(15,16)23-7-3-4-8(6-1-2-6)9(5-7)11(19)17-10(18-22)12(20)21/h3-6,22H,1-2H2,(H,20,21)(H,17,18,19). The van der Waals surface area contributed by atoms with Gasteiger partial charge in [-0.2, -0.15) is 0 Å². The van der Waals surface area contributed by atoms with E-state index in [1.807, 2.05) is 5.32 Å². The number of aliphatic carboxylic acids is 1. The summed E-state index contributed by atoms with van der Waals surface area (Å²) in [7, 11) is 0. The zero-order chi connectivity index (χ0) is 17.2. The van der Waals surface area contributed by atoms with Gasteiger partial charge in [-0.1, -0.05) is 11.2 Å². The minimum absolute atomic E-state index is 0.00929. The number of carbonyl (C=O) groups excluding carboxylic acids is 1. The van der Waals surface area contributed by atoms with Gasteiger partial charge in [-0.05, 0) is 36.5 Å². The highest BCUT2D eigenvalue weighted by Crippen LogP contribution is 2.42. The third kappa shape index (κ3) is 4.34. The molecule has 1 amide bonds. The van der Waals surface area contributed by atoms with E-state index >= 15 is 0 Å². The van der Waals surface area contributed by atoms with E-state index in [2.05, 4.69) is 9.89 Å². The summed E-state index contributed by atoms with van der Waals surface area (Å²) in [5.41, 5.74) is 0.302. The summed E-state index contributed by atoms with van der Waals surface area (Å²) in [5, 5.41) is 21.4. The molecule has 1 aliphatic carbocycles. The van der Waals surface area contributed by atoms with Crippen molar-refractivity contribution in [3.8, 4) is 5.75 Å². The van der Waals surface area contributed by atoms with Crippen LogP contribution in [0.1, 0.15) is 34.7 Å². The second-order valence-corrected chi connectivity index (χ2v) is 4.78. The van der Waals surface area contributed by atoms with E-state index in [-0.39, 0.29) is 11.5 Å². The van der Waals surface area contributed by atoms with E-state index in [0.717, 1.165) is 25.0 Å². The lowest BCUT2D eigenvalue weighted by atomic mass is 10.0. The molecule has 0 aliphatic heterocycles. The van der Waals surface area contributed by atoms with E-state index in [1.54, 1.807) is 0 Å². The van der Waals surface area contributed by atoms with Gasteiger partial charge in [0.2, 0.25) is 0 Å². The molecule has 0 saturated heterocycles. The molecule has 124 valence electrons. The first kappa shape index (κ1) is 16.6. The Bertz CT molecular complexity index is 668. The van der Waals surface area contributed by atoms with Gasteiger partial charge in [0.25, 0.3) is 11.7 Å². The van der Waals surface area contributed by atoms with Crippen molar-refractivity contribution in [2.45, 2.75) is 25.1 Å². The van der Waals surface area contributed by atoms with E-state index in [9.17, 15) is 22.8 Å². The SMILES string of the molecule is O=C(O)C(=NO)NC(=O)c1cc(OC(F)(F)F)ccc1C1CC1. The van der Waals surface area contributed by atoms with Gasteiger partial charge in [-0.3, -0.25) is 10.1 Å². The number of alkyl halides is 3. The van der Waals surface area contributed by atoms with Gasteiger partial charge in [0, 0.05) is 5.56 Å². The highest BCUT2D eigenvalue weighted by molar-refractivity contribution is 6.38. The number of amides is 1. The Labute approximate surface area is 127 Å². The average molecular weight is 332 g/mol. The number of nitrogens with one attached hydrogen (secondary N) is 1. The number of ether oxygens (including phenoxy) is 1. The number of carbonyl (C=O) groups is 2. The smallest absolute Gasteiger partial charge is 0.475 e. The van der Waals surface area contributed by atoms with Crippen molar-refractivity contribution < 1.29 is 37.8 Å². The lowest BCUT2D eigenvalue weighted by Gasteiger charge is -2.13. The molecule has 0 atom stereocenters. The van der Waals surface area contributed by atoms with E-state index < -0.39 is 29.8 Å². The largest absolute Gasteiger partial charge is 0.573 e. The second-order valence-electron chi connectivity index (χ2n) is 4.78. The average Bonchev–Trinajstić information content (AvgIpc) is 3.26. The Balaban J connectivity index is 2.32. The summed E-state index contributed by atoms with van der Waals surface area (Å²) in [6.07, 6.45) is -3.40. The molecule has 23 heavy (non-hydrogen) atoms. The van der Waals surface area contributed by atoms with Crippen LogP contribution in [0.5, 0.6) is 5.75 Å². The summed E-state index contributed by atoms with van der Waals surface area (Å²) in [4.78, 5) is 22.8.